The molecule has 0 saturated heterocycles. The van der Waals surface area contributed by atoms with Crippen LogP contribution in [0, 0.1) is 0 Å². The highest BCUT2D eigenvalue weighted by atomic mass is 79.9. The van der Waals surface area contributed by atoms with E-state index in [1.807, 2.05) is 18.2 Å². The lowest BCUT2D eigenvalue weighted by Crippen LogP contribution is -2.25. The first kappa shape index (κ1) is 15.9. The number of fused-ring (bicyclic) bond motifs is 1. The minimum atomic E-state index is -0.156. The Labute approximate surface area is 125 Å². The van der Waals surface area contributed by atoms with Gasteiger partial charge in [-0.3, -0.25) is 9.89 Å². The SMILES string of the molecule is Cl.NCCCCNC(=O)c1n[nH]c2ccc(Br)cc12. The summed E-state index contributed by atoms with van der Waals surface area (Å²) in [4.78, 5) is 12.0. The highest BCUT2D eigenvalue weighted by Gasteiger charge is 2.13. The number of nitrogens with one attached hydrogen (secondary N) is 2. The molecule has 0 atom stereocenters. The molecule has 1 amide bonds. The van der Waals surface area contributed by atoms with Crippen LogP contribution in [0.15, 0.2) is 22.7 Å². The Kier molecular flexibility index (Phi) is 6.27. The van der Waals surface area contributed by atoms with Crippen molar-refractivity contribution in [2.45, 2.75) is 12.8 Å². The number of carbonyl (C=O) groups is 1. The zero-order chi connectivity index (χ0) is 13.0. The van der Waals surface area contributed by atoms with E-state index in [1.54, 1.807) is 0 Å². The van der Waals surface area contributed by atoms with Crippen molar-refractivity contribution < 1.29 is 4.79 Å². The molecule has 0 unspecified atom stereocenters. The van der Waals surface area contributed by atoms with Crippen LogP contribution in [0.2, 0.25) is 0 Å². The Bertz CT molecular complexity index is 558. The zero-order valence-electron chi connectivity index (χ0n) is 10.3. The topological polar surface area (TPSA) is 83.8 Å². The molecule has 0 bridgehead atoms. The molecular weight excluding hydrogens is 332 g/mol. The molecule has 0 radical (unpaired) electrons. The van der Waals surface area contributed by atoms with Gasteiger partial charge < -0.3 is 11.1 Å². The van der Waals surface area contributed by atoms with Crippen LogP contribution >= 0.6 is 28.3 Å². The second kappa shape index (κ2) is 7.47. The number of unbranched alkanes of at least 4 members (excludes halogenated alkanes) is 1. The Morgan fingerprint density at radius 1 is 1.42 bits per heavy atom. The molecule has 2 aromatic rings. The van der Waals surface area contributed by atoms with Crippen molar-refractivity contribution in [1.82, 2.24) is 15.5 Å². The van der Waals surface area contributed by atoms with E-state index in [-0.39, 0.29) is 18.3 Å². The number of hydrogen-bond acceptors (Lipinski definition) is 3. The summed E-state index contributed by atoms with van der Waals surface area (Å²) in [5.41, 5.74) is 6.68. The van der Waals surface area contributed by atoms with Gasteiger partial charge >= 0.3 is 0 Å². The Balaban J connectivity index is 0.00000180. The number of nitrogens with two attached hydrogens (primary N) is 1. The Morgan fingerprint density at radius 3 is 2.95 bits per heavy atom. The molecule has 2 rings (SSSR count). The van der Waals surface area contributed by atoms with E-state index >= 15 is 0 Å². The molecule has 4 N–H and O–H groups in total. The largest absolute Gasteiger partial charge is 0.351 e. The van der Waals surface area contributed by atoms with Gasteiger partial charge in [0.05, 0.1) is 5.52 Å². The Hall–Kier alpha value is -1.11. The fourth-order valence-electron chi connectivity index (χ4n) is 1.71. The number of aromatic amines is 1. The monoisotopic (exact) mass is 346 g/mol. The van der Waals surface area contributed by atoms with Crippen LogP contribution in [0.5, 0.6) is 0 Å². The summed E-state index contributed by atoms with van der Waals surface area (Å²) in [7, 11) is 0. The smallest absolute Gasteiger partial charge is 0.272 e. The second-order valence-electron chi connectivity index (χ2n) is 4.01. The number of H-pyrrole nitrogens is 1. The van der Waals surface area contributed by atoms with Crippen molar-refractivity contribution in [1.29, 1.82) is 0 Å². The molecule has 1 aromatic carbocycles. The van der Waals surface area contributed by atoms with E-state index in [0.29, 0.717) is 18.8 Å². The van der Waals surface area contributed by atoms with Gasteiger partial charge in [0.15, 0.2) is 5.69 Å². The fraction of sp³-hybridized carbons (Fsp3) is 0.333. The van der Waals surface area contributed by atoms with Gasteiger partial charge in [-0.15, -0.1) is 12.4 Å². The van der Waals surface area contributed by atoms with E-state index in [1.165, 1.54) is 0 Å². The zero-order valence-corrected chi connectivity index (χ0v) is 12.7. The molecule has 5 nitrogen and oxygen atoms in total. The van der Waals surface area contributed by atoms with E-state index in [0.717, 1.165) is 28.2 Å². The van der Waals surface area contributed by atoms with Crippen LogP contribution in [-0.2, 0) is 0 Å². The third-order valence-corrected chi connectivity index (χ3v) is 3.15. The number of hydrogen-bond donors (Lipinski definition) is 3. The van der Waals surface area contributed by atoms with E-state index in [4.69, 9.17) is 5.73 Å². The van der Waals surface area contributed by atoms with Gasteiger partial charge in [-0.25, -0.2) is 0 Å². The number of halogens is 2. The summed E-state index contributed by atoms with van der Waals surface area (Å²) in [6.45, 7) is 1.27. The van der Waals surface area contributed by atoms with Crippen molar-refractivity contribution in [2.24, 2.45) is 5.73 Å². The number of nitrogens with zero attached hydrogens (tertiary/aromatic N) is 1. The lowest BCUT2D eigenvalue weighted by Gasteiger charge is -2.02. The molecule has 0 fully saturated rings. The minimum Gasteiger partial charge on any atom is -0.351 e. The van der Waals surface area contributed by atoms with Crippen LogP contribution < -0.4 is 11.1 Å². The number of carbonyl (C=O) groups excluding carboxylic acids is 1. The van der Waals surface area contributed by atoms with Gasteiger partial charge in [0.25, 0.3) is 5.91 Å². The van der Waals surface area contributed by atoms with Gasteiger partial charge in [-0.1, -0.05) is 15.9 Å². The highest BCUT2D eigenvalue weighted by molar-refractivity contribution is 9.10. The molecule has 0 spiro atoms. The van der Waals surface area contributed by atoms with Gasteiger partial charge in [-0.05, 0) is 37.6 Å². The first-order valence-corrected chi connectivity index (χ1v) is 6.63. The van der Waals surface area contributed by atoms with Gasteiger partial charge in [-0.2, -0.15) is 5.10 Å². The average Bonchev–Trinajstić information content (AvgIpc) is 2.77. The summed E-state index contributed by atoms with van der Waals surface area (Å²) >= 11 is 3.39. The molecule has 1 aromatic heterocycles. The van der Waals surface area contributed by atoms with Crippen LogP contribution in [0.4, 0.5) is 0 Å². The third-order valence-electron chi connectivity index (χ3n) is 2.66. The molecule has 104 valence electrons. The van der Waals surface area contributed by atoms with Crippen molar-refractivity contribution in [3.05, 3.63) is 28.4 Å². The number of benzene rings is 1. The van der Waals surface area contributed by atoms with E-state index in [9.17, 15) is 4.79 Å². The lowest BCUT2D eigenvalue weighted by atomic mass is 10.2. The maximum Gasteiger partial charge on any atom is 0.272 e. The number of aromatic nitrogens is 2. The van der Waals surface area contributed by atoms with Gasteiger partial charge in [0.2, 0.25) is 0 Å². The highest BCUT2D eigenvalue weighted by Crippen LogP contribution is 2.20. The summed E-state index contributed by atoms with van der Waals surface area (Å²) in [5, 5.41) is 10.6. The summed E-state index contributed by atoms with van der Waals surface area (Å²) < 4.78 is 0.925. The summed E-state index contributed by atoms with van der Waals surface area (Å²) in [6, 6.07) is 5.68. The van der Waals surface area contributed by atoms with Crippen molar-refractivity contribution in [3.8, 4) is 0 Å². The average molecular weight is 348 g/mol. The maximum atomic E-state index is 12.0. The van der Waals surface area contributed by atoms with Crippen LogP contribution in [0.3, 0.4) is 0 Å². The molecule has 19 heavy (non-hydrogen) atoms. The standard InChI is InChI=1S/C12H15BrN4O.ClH/c13-8-3-4-10-9(7-8)11(17-16-10)12(18)15-6-2-1-5-14;/h3-4,7H,1-2,5-6,14H2,(H,15,18)(H,16,17);1H. The van der Waals surface area contributed by atoms with Crippen molar-refractivity contribution in [2.75, 3.05) is 13.1 Å². The molecule has 0 aliphatic heterocycles. The first-order valence-electron chi connectivity index (χ1n) is 5.84. The van der Waals surface area contributed by atoms with Crippen LogP contribution in [-0.4, -0.2) is 29.2 Å². The quantitative estimate of drug-likeness (QED) is 0.725. The fourth-order valence-corrected chi connectivity index (χ4v) is 2.08. The molecule has 1 heterocycles. The molecule has 0 aliphatic carbocycles. The van der Waals surface area contributed by atoms with E-state index < -0.39 is 0 Å². The first-order chi connectivity index (χ1) is 8.72. The normalized spacial score (nSPS) is 10.2. The van der Waals surface area contributed by atoms with E-state index in [2.05, 4.69) is 31.4 Å². The predicted molar refractivity (Wildman–Crippen MR) is 81.7 cm³/mol. The second-order valence-corrected chi connectivity index (χ2v) is 4.93. The van der Waals surface area contributed by atoms with Gasteiger partial charge in [0.1, 0.15) is 0 Å². The molecular formula is C12H16BrClN4O. The number of rotatable bonds is 5. The molecule has 0 saturated carbocycles. The molecule has 0 aliphatic rings. The van der Waals surface area contributed by atoms with Crippen molar-refractivity contribution >= 4 is 45.1 Å². The Morgan fingerprint density at radius 2 is 2.21 bits per heavy atom. The maximum absolute atomic E-state index is 12.0. The number of amides is 1. The van der Waals surface area contributed by atoms with Crippen molar-refractivity contribution in [3.63, 3.8) is 0 Å². The van der Waals surface area contributed by atoms with Crippen LogP contribution in [0.25, 0.3) is 10.9 Å². The predicted octanol–water partition coefficient (Wildman–Crippen LogP) is 2.22. The summed E-state index contributed by atoms with van der Waals surface area (Å²) in [5.74, 6) is -0.156. The molecule has 7 heteroatoms. The van der Waals surface area contributed by atoms with Crippen LogP contribution in [0.1, 0.15) is 23.3 Å². The third kappa shape index (κ3) is 3.92. The van der Waals surface area contributed by atoms with Gasteiger partial charge in [0, 0.05) is 16.4 Å². The lowest BCUT2D eigenvalue weighted by molar-refractivity contribution is 0.0949. The minimum absolute atomic E-state index is 0. The summed E-state index contributed by atoms with van der Waals surface area (Å²) in [6.07, 6.45) is 1.79.